The van der Waals surface area contributed by atoms with Gasteiger partial charge in [0.2, 0.25) is 0 Å². The number of hydrogen-bond donors (Lipinski definition) is 0. The number of aryl methyl sites for hydroxylation is 2. The molecule has 0 N–H and O–H groups in total. The Labute approximate surface area is 499 Å². The van der Waals surface area contributed by atoms with Gasteiger partial charge >= 0.3 is 23.9 Å². The summed E-state index contributed by atoms with van der Waals surface area (Å²) in [6, 6.07) is 68.9. The summed E-state index contributed by atoms with van der Waals surface area (Å²) in [4.78, 5) is 43.9. The Balaban J connectivity index is 0.000000183. The number of hydrogen-bond acceptors (Lipinski definition) is 12. The highest BCUT2D eigenvalue weighted by Crippen LogP contribution is 2.40. The molecule has 0 aliphatic heterocycles. The van der Waals surface area contributed by atoms with Gasteiger partial charge in [-0.3, -0.25) is 19.2 Å². The predicted molar refractivity (Wildman–Crippen MR) is 335 cm³/mol. The number of methoxy groups -OCH3 is 4. The first-order chi connectivity index (χ1) is 40.7. The molecule has 9 aromatic carbocycles. The van der Waals surface area contributed by atoms with Gasteiger partial charge in [-0.05, 0) is 179 Å². The van der Waals surface area contributed by atoms with Gasteiger partial charge in [-0.15, -0.1) is 0 Å². The van der Waals surface area contributed by atoms with Crippen molar-refractivity contribution in [2.45, 2.75) is 73.1 Å². The van der Waals surface area contributed by atoms with Crippen molar-refractivity contribution < 1.29 is 57.1 Å². The van der Waals surface area contributed by atoms with E-state index in [2.05, 4.69) is 63.2 Å². The van der Waals surface area contributed by atoms with E-state index in [0.29, 0.717) is 23.0 Å². The van der Waals surface area contributed by atoms with Crippen molar-refractivity contribution in [2.75, 3.05) is 28.4 Å². The topological polar surface area (TPSA) is 142 Å². The van der Waals surface area contributed by atoms with Crippen LogP contribution in [0.2, 0.25) is 0 Å². The molecule has 0 aliphatic carbocycles. The van der Waals surface area contributed by atoms with Crippen LogP contribution in [0.3, 0.4) is 0 Å². The zero-order chi connectivity index (χ0) is 61.7. The lowest BCUT2D eigenvalue weighted by Gasteiger charge is -2.32. The minimum atomic E-state index is -0.345. The molecule has 0 spiro atoms. The van der Waals surface area contributed by atoms with Gasteiger partial charge in [-0.25, -0.2) is 0 Å². The number of carbonyl (C=O) groups excluding carboxylic acids is 4. The fraction of sp³-hybridized carbons (Fsp3) is 0.205. The Morgan fingerprint density at radius 3 is 0.894 bits per heavy atom. The lowest BCUT2D eigenvalue weighted by Crippen LogP contribution is -2.25. The zero-order valence-electron chi connectivity index (χ0n) is 50.6. The predicted octanol–water partition coefficient (Wildman–Crippen LogP) is 16.1. The monoisotopic (exact) mass is 1140 g/mol. The minimum absolute atomic E-state index is 0.138. The molecule has 1 atom stereocenters. The Morgan fingerprint density at radius 2 is 0.576 bits per heavy atom. The molecule has 1 unspecified atom stereocenters. The molecule has 0 heterocycles. The molecular formula is C73H74O12. The summed E-state index contributed by atoms with van der Waals surface area (Å²) >= 11 is 0. The fourth-order valence-corrected chi connectivity index (χ4v) is 9.32. The molecule has 9 rings (SSSR count). The molecule has 12 heteroatoms. The van der Waals surface area contributed by atoms with E-state index in [1.165, 1.54) is 38.8 Å². The van der Waals surface area contributed by atoms with Gasteiger partial charge in [0, 0.05) is 38.5 Å². The van der Waals surface area contributed by atoms with Crippen LogP contribution in [-0.2, 0) is 30.0 Å². The van der Waals surface area contributed by atoms with Crippen molar-refractivity contribution in [1.29, 1.82) is 0 Å². The highest BCUT2D eigenvalue weighted by Gasteiger charge is 2.31. The lowest BCUT2D eigenvalue weighted by atomic mass is 9.71. The van der Waals surface area contributed by atoms with Gasteiger partial charge in [0.25, 0.3) is 0 Å². The minimum Gasteiger partial charge on any atom is -0.497 e. The Kier molecular flexibility index (Phi) is 23.0. The maximum Gasteiger partial charge on any atom is 0.308 e. The van der Waals surface area contributed by atoms with E-state index >= 15 is 0 Å². The second-order valence-electron chi connectivity index (χ2n) is 20.4. The number of carbonyl (C=O) groups is 4. The van der Waals surface area contributed by atoms with Gasteiger partial charge in [0.15, 0.2) is 0 Å². The first-order valence-electron chi connectivity index (χ1n) is 27.5. The molecule has 0 amide bonds. The van der Waals surface area contributed by atoms with Gasteiger partial charge in [0.1, 0.15) is 46.0 Å². The van der Waals surface area contributed by atoms with Crippen molar-refractivity contribution in [3.05, 3.63) is 251 Å². The van der Waals surface area contributed by atoms with Crippen LogP contribution < -0.4 is 37.9 Å². The smallest absolute Gasteiger partial charge is 0.308 e. The highest BCUT2D eigenvalue weighted by atomic mass is 16.5. The van der Waals surface area contributed by atoms with Crippen molar-refractivity contribution >= 4 is 23.9 Å². The van der Waals surface area contributed by atoms with Crippen LogP contribution in [0.25, 0.3) is 22.3 Å². The third kappa shape index (κ3) is 18.0. The SMILES string of the molecule is COc1ccc(-c2ccc(OC(C)=O)c(C)c2)cc1C.COc1ccc(-c2ccc(OC(C)=O)cc2)cc1.COc1ccc(C(C)(C)c2ccc(OC(C)=O)cc2)cc1.COc1ccc(C(C)(c2ccccc2)c2ccc(OC(C)=O)cc2)cc1. The van der Waals surface area contributed by atoms with Crippen molar-refractivity contribution in [3.8, 4) is 68.2 Å². The summed E-state index contributed by atoms with van der Waals surface area (Å²) < 4.78 is 41.2. The van der Waals surface area contributed by atoms with Gasteiger partial charge < -0.3 is 37.9 Å². The molecule has 0 saturated heterocycles. The standard InChI is InChI=1S/C23H22O3.C18H20O3.C17H18O3.C15H14O3/c1-17(24)26-22-15-11-20(12-16-22)23(2,18-7-5-4-6-8-18)19-9-13-21(25-3)14-10-19;1-13(19)21-17-11-7-15(8-12-17)18(2,3)14-5-9-16(20-4)10-6-14;1-11-9-14(5-7-16(11)19-4)15-6-8-17(12(2)10-15)20-13(3)18;1-11(16)18-15-9-5-13(6-10-15)12-3-7-14(17-2)8-4-12/h4-16H,1-3H3;5-12H,1-4H3;5-10H,1-4H3;3-10H,1-2H3. The van der Waals surface area contributed by atoms with Crippen LogP contribution >= 0.6 is 0 Å². The number of rotatable bonds is 15. The average Bonchev–Trinajstić information content (AvgIpc) is 1.34. The molecule has 0 aliphatic rings. The third-order valence-electron chi connectivity index (χ3n) is 14.1. The summed E-state index contributed by atoms with van der Waals surface area (Å²) in [5.74, 6) is 4.41. The van der Waals surface area contributed by atoms with Gasteiger partial charge in [-0.2, -0.15) is 0 Å². The maximum atomic E-state index is 11.2. The summed E-state index contributed by atoms with van der Waals surface area (Å²) in [5.41, 5.74) is 11.7. The average molecular weight is 1140 g/mol. The van der Waals surface area contributed by atoms with Crippen molar-refractivity contribution in [3.63, 3.8) is 0 Å². The van der Waals surface area contributed by atoms with Gasteiger partial charge in [0.05, 0.1) is 28.4 Å². The largest absolute Gasteiger partial charge is 0.497 e. The van der Waals surface area contributed by atoms with Crippen LogP contribution in [0.15, 0.2) is 212 Å². The van der Waals surface area contributed by atoms with Crippen molar-refractivity contribution in [1.82, 2.24) is 0 Å². The molecule has 9 aromatic rings. The number of esters is 4. The Bertz CT molecular complexity index is 3610. The maximum absolute atomic E-state index is 11.2. The van der Waals surface area contributed by atoms with Crippen LogP contribution in [0, 0.1) is 13.8 Å². The molecule has 0 fully saturated rings. The van der Waals surface area contributed by atoms with Crippen molar-refractivity contribution in [2.24, 2.45) is 0 Å². The zero-order valence-corrected chi connectivity index (χ0v) is 50.6. The highest BCUT2D eigenvalue weighted by molar-refractivity contribution is 5.73. The van der Waals surface area contributed by atoms with Crippen LogP contribution in [0.1, 0.15) is 87.4 Å². The third-order valence-corrected chi connectivity index (χ3v) is 14.1. The molecule has 0 aromatic heterocycles. The van der Waals surface area contributed by atoms with Crippen LogP contribution in [0.5, 0.6) is 46.0 Å². The first kappa shape index (κ1) is 64.2. The first-order valence-corrected chi connectivity index (χ1v) is 27.5. The summed E-state index contributed by atoms with van der Waals surface area (Å²) in [6.07, 6.45) is 0. The molecular weight excluding hydrogens is 1070 g/mol. The Hall–Kier alpha value is -9.94. The Morgan fingerprint density at radius 1 is 0.294 bits per heavy atom. The van der Waals surface area contributed by atoms with E-state index in [1.807, 2.05) is 172 Å². The second-order valence-corrected chi connectivity index (χ2v) is 20.4. The fourth-order valence-electron chi connectivity index (χ4n) is 9.32. The van der Waals surface area contributed by atoms with E-state index in [-0.39, 0.29) is 34.7 Å². The quantitative estimate of drug-likeness (QED) is 0.0548. The molecule has 85 heavy (non-hydrogen) atoms. The second kappa shape index (κ2) is 30.4. The van der Waals surface area contributed by atoms with E-state index < -0.39 is 0 Å². The molecule has 0 radical (unpaired) electrons. The summed E-state index contributed by atoms with van der Waals surface area (Å²) in [7, 11) is 6.63. The van der Waals surface area contributed by atoms with E-state index in [9.17, 15) is 19.2 Å². The molecule has 0 bridgehead atoms. The molecule has 438 valence electrons. The summed E-state index contributed by atoms with van der Waals surface area (Å²) in [5, 5.41) is 0. The van der Waals surface area contributed by atoms with E-state index in [4.69, 9.17) is 37.9 Å². The normalized spacial score (nSPS) is 11.2. The van der Waals surface area contributed by atoms with Crippen LogP contribution in [-0.4, -0.2) is 52.3 Å². The van der Waals surface area contributed by atoms with Gasteiger partial charge in [-0.1, -0.05) is 129 Å². The number of ether oxygens (including phenoxy) is 8. The lowest BCUT2D eigenvalue weighted by molar-refractivity contribution is -0.132. The molecule has 0 saturated carbocycles. The van der Waals surface area contributed by atoms with E-state index in [0.717, 1.165) is 73.1 Å². The van der Waals surface area contributed by atoms with E-state index in [1.54, 1.807) is 40.6 Å². The summed E-state index contributed by atoms with van der Waals surface area (Å²) in [6.45, 7) is 16.1. The number of benzene rings is 9. The van der Waals surface area contributed by atoms with Crippen LogP contribution in [0.4, 0.5) is 0 Å². The molecule has 12 nitrogen and oxygen atoms in total.